The Balaban J connectivity index is 1.32. The SMILES string of the molecule is CC(C(=O)N1CCN(c2ccccc2Cl)CC1)n1nc(-c2ccc3c(c2)OCO3)ccc1=O. The highest BCUT2D eigenvalue weighted by atomic mass is 35.5. The molecule has 1 saturated heterocycles. The summed E-state index contributed by atoms with van der Waals surface area (Å²) in [5.74, 6) is 1.17. The van der Waals surface area contributed by atoms with E-state index >= 15 is 0 Å². The van der Waals surface area contributed by atoms with Crippen molar-refractivity contribution in [1.82, 2.24) is 14.7 Å². The van der Waals surface area contributed by atoms with Gasteiger partial charge in [0.05, 0.1) is 16.4 Å². The monoisotopic (exact) mass is 466 g/mol. The second kappa shape index (κ2) is 8.78. The Hall–Kier alpha value is -3.52. The van der Waals surface area contributed by atoms with Gasteiger partial charge >= 0.3 is 0 Å². The molecule has 170 valence electrons. The number of carbonyl (C=O) groups is 1. The van der Waals surface area contributed by atoms with Gasteiger partial charge in [-0.05, 0) is 43.3 Å². The third-order valence-electron chi connectivity index (χ3n) is 6.00. The van der Waals surface area contributed by atoms with Crippen LogP contribution in [-0.2, 0) is 4.79 Å². The number of amides is 1. The summed E-state index contributed by atoms with van der Waals surface area (Å²) >= 11 is 6.32. The van der Waals surface area contributed by atoms with Gasteiger partial charge in [0.15, 0.2) is 11.5 Å². The molecular weight excluding hydrogens is 444 g/mol. The Morgan fingerprint density at radius 2 is 1.76 bits per heavy atom. The molecule has 0 radical (unpaired) electrons. The average Bonchev–Trinajstić information content (AvgIpc) is 3.32. The molecule has 1 aromatic heterocycles. The lowest BCUT2D eigenvalue weighted by atomic mass is 10.1. The van der Waals surface area contributed by atoms with Crippen LogP contribution in [0.15, 0.2) is 59.4 Å². The first-order chi connectivity index (χ1) is 16.0. The van der Waals surface area contributed by atoms with Crippen LogP contribution in [0.4, 0.5) is 5.69 Å². The van der Waals surface area contributed by atoms with Crippen LogP contribution in [-0.4, -0.2) is 53.6 Å². The molecule has 0 bridgehead atoms. The molecule has 1 amide bonds. The zero-order valence-corrected chi connectivity index (χ0v) is 18.9. The number of aromatic nitrogens is 2. The fourth-order valence-corrected chi connectivity index (χ4v) is 4.41. The van der Waals surface area contributed by atoms with E-state index in [1.807, 2.05) is 42.5 Å². The summed E-state index contributed by atoms with van der Waals surface area (Å²) in [6, 6.07) is 15.5. The Bertz CT molecular complexity index is 1250. The van der Waals surface area contributed by atoms with E-state index in [-0.39, 0.29) is 18.3 Å². The third kappa shape index (κ3) is 4.14. The number of hydrogen-bond donors (Lipinski definition) is 0. The number of rotatable bonds is 4. The van der Waals surface area contributed by atoms with Crippen molar-refractivity contribution in [2.24, 2.45) is 0 Å². The summed E-state index contributed by atoms with van der Waals surface area (Å²) in [6.07, 6.45) is 0. The van der Waals surface area contributed by atoms with Gasteiger partial charge in [0.25, 0.3) is 5.56 Å². The standard InChI is InChI=1S/C24H23ClN4O4/c1-16(24(31)28-12-10-27(11-13-28)20-5-3-2-4-18(20)25)29-23(30)9-7-19(26-29)17-6-8-21-22(14-17)33-15-32-21/h2-9,14,16H,10-13,15H2,1H3. The normalized spacial score (nSPS) is 16.1. The van der Waals surface area contributed by atoms with Crippen molar-refractivity contribution >= 4 is 23.2 Å². The van der Waals surface area contributed by atoms with Crippen LogP contribution in [0, 0.1) is 0 Å². The summed E-state index contributed by atoms with van der Waals surface area (Å²) < 4.78 is 12.0. The highest BCUT2D eigenvalue weighted by Gasteiger charge is 2.28. The Morgan fingerprint density at radius 3 is 2.55 bits per heavy atom. The topological polar surface area (TPSA) is 76.9 Å². The van der Waals surface area contributed by atoms with Crippen molar-refractivity contribution < 1.29 is 14.3 Å². The predicted molar refractivity (Wildman–Crippen MR) is 125 cm³/mol. The van der Waals surface area contributed by atoms with Crippen molar-refractivity contribution in [2.75, 3.05) is 37.9 Å². The molecule has 2 aliphatic rings. The molecule has 1 unspecified atom stereocenters. The van der Waals surface area contributed by atoms with Crippen molar-refractivity contribution in [1.29, 1.82) is 0 Å². The largest absolute Gasteiger partial charge is 0.454 e. The Kier molecular flexibility index (Phi) is 5.68. The van der Waals surface area contributed by atoms with E-state index in [4.69, 9.17) is 21.1 Å². The zero-order chi connectivity index (χ0) is 22.9. The quantitative estimate of drug-likeness (QED) is 0.587. The van der Waals surface area contributed by atoms with Gasteiger partial charge < -0.3 is 19.3 Å². The Morgan fingerprint density at radius 1 is 1.00 bits per heavy atom. The van der Waals surface area contributed by atoms with E-state index in [0.717, 1.165) is 11.3 Å². The summed E-state index contributed by atoms with van der Waals surface area (Å²) in [7, 11) is 0. The third-order valence-corrected chi connectivity index (χ3v) is 6.32. The van der Waals surface area contributed by atoms with Gasteiger partial charge in [-0.2, -0.15) is 5.10 Å². The van der Waals surface area contributed by atoms with Gasteiger partial charge in [-0.3, -0.25) is 9.59 Å². The number of anilines is 1. The lowest BCUT2D eigenvalue weighted by molar-refractivity contribution is -0.135. The molecule has 5 rings (SSSR count). The molecule has 0 aliphatic carbocycles. The van der Waals surface area contributed by atoms with Gasteiger partial charge in [-0.25, -0.2) is 4.68 Å². The molecular formula is C24H23ClN4O4. The van der Waals surface area contributed by atoms with Crippen LogP contribution in [0.1, 0.15) is 13.0 Å². The van der Waals surface area contributed by atoms with Crippen LogP contribution in [0.25, 0.3) is 11.3 Å². The average molecular weight is 467 g/mol. The van der Waals surface area contributed by atoms with Gasteiger partial charge in [0.1, 0.15) is 6.04 Å². The number of fused-ring (bicyclic) bond motifs is 1. The van der Waals surface area contributed by atoms with Gasteiger partial charge in [-0.1, -0.05) is 23.7 Å². The predicted octanol–water partition coefficient (Wildman–Crippen LogP) is 3.20. The molecule has 9 heteroatoms. The number of piperazine rings is 1. The van der Waals surface area contributed by atoms with Crippen molar-refractivity contribution in [2.45, 2.75) is 13.0 Å². The van der Waals surface area contributed by atoms with E-state index in [1.54, 1.807) is 17.9 Å². The first kappa shape index (κ1) is 21.3. The van der Waals surface area contributed by atoms with Crippen LogP contribution in [0.5, 0.6) is 11.5 Å². The molecule has 0 saturated carbocycles. The smallest absolute Gasteiger partial charge is 0.267 e. The Labute approximate surface area is 195 Å². The minimum atomic E-state index is -0.724. The maximum atomic E-state index is 13.2. The summed E-state index contributed by atoms with van der Waals surface area (Å²) in [6.45, 7) is 4.32. The number of carbonyl (C=O) groups excluding carboxylic acids is 1. The molecule has 3 heterocycles. The number of ether oxygens (including phenoxy) is 2. The molecule has 1 atom stereocenters. The molecule has 2 aliphatic heterocycles. The number of benzene rings is 2. The zero-order valence-electron chi connectivity index (χ0n) is 18.1. The molecule has 3 aromatic rings. The number of halogens is 1. The highest BCUT2D eigenvalue weighted by Crippen LogP contribution is 2.35. The van der Waals surface area contributed by atoms with Crippen molar-refractivity contribution in [3.8, 4) is 22.8 Å². The van der Waals surface area contributed by atoms with Crippen molar-refractivity contribution in [3.63, 3.8) is 0 Å². The molecule has 33 heavy (non-hydrogen) atoms. The maximum Gasteiger partial charge on any atom is 0.267 e. The summed E-state index contributed by atoms with van der Waals surface area (Å²) in [5, 5.41) is 5.19. The van der Waals surface area contributed by atoms with Crippen LogP contribution >= 0.6 is 11.6 Å². The molecule has 1 fully saturated rings. The van der Waals surface area contributed by atoms with Crippen molar-refractivity contribution in [3.05, 3.63) is 70.0 Å². The lowest BCUT2D eigenvalue weighted by Crippen LogP contribution is -2.51. The number of nitrogens with zero attached hydrogens (tertiary/aromatic N) is 4. The lowest BCUT2D eigenvalue weighted by Gasteiger charge is -2.37. The fourth-order valence-electron chi connectivity index (χ4n) is 4.16. The second-order valence-electron chi connectivity index (χ2n) is 8.01. The first-order valence-corrected chi connectivity index (χ1v) is 11.2. The highest BCUT2D eigenvalue weighted by molar-refractivity contribution is 6.33. The van der Waals surface area contributed by atoms with Crippen LogP contribution < -0.4 is 19.9 Å². The fraction of sp³-hybridized carbons (Fsp3) is 0.292. The van der Waals surface area contributed by atoms with E-state index in [9.17, 15) is 9.59 Å². The van der Waals surface area contributed by atoms with E-state index in [0.29, 0.717) is 48.4 Å². The van der Waals surface area contributed by atoms with E-state index < -0.39 is 6.04 Å². The minimum Gasteiger partial charge on any atom is -0.454 e. The number of hydrogen-bond acceptors (Lipinski definition) is 6. The molecule has 0 spiro atoms. The van der Waals surface area contributed by atoms with Gasteiger partial charge in [-0.15, -0.1) is 0 Å². The summed E-state index contributed by atoms with van der Waals surface area (Å²) in [5.41, 5.74) is 2.00. The van der Waals surface area contributed by atoms with Crippen LogP contribution in [0.3, 0.4) is 0 Å². The van der Waals surface area contributed by atoms with E-state index in [2.05, 4.69) is 10.00 Å². The first-order valence-electron chi connectivity index (χ1n) is 10.8. The van der Waals surface area contributed by atoms with Gasteiger partial charge in [0, 0.05) is 37.8 Å². The number of para-hydroxylation sites is 1. The maximum absolute atomic E-state index is 13.2. The molecule has 0 N–H and O–H groups in total. The summed E-state index contributed by atoms with van der Waals surface area (Å²) in [4.78, 5) is 29.7. The van der Waals surface area contributed by atoms with Crippen LogP contribution in [0.2, 0.25) is 5.02 Å². The van der Waals surface area contributed by atoms with Gasteiger partial charge in [0.2, 0.25) is 12.7 Å². The minimum absolute atomic E-state index is 0.133. The second-order valence-corrected chi connectivity index (χ2v) is 8.42. The molecule has 2 aromatic carbocycles. The molecule has 8 nitrogen and oxygen atoms in total. The van der Waals surface area contributed by atoms with E-state index in [1.165, 1.54) is 10.7 Å².